The van der Waals surface area contributed by atoms with Crippen LogP contribution in [0.5, 0.6) is 0 Å². The largest absolute Gasteiger partial charge is 0.256 e. The van der Waals surface area contributed by atoms with Crippen molar-refractivity contribution < 1.29 is 0 Å². The van der Waals surface area contributed by atoms with Crippen LogP contribution in [-0.4, -0.2) is 19.9 Å². The maximum Gasteiger partial charge on any atom is 0.0788 e. The van der Waals surface area contributed by atoms with Crippen molar-refractivity contribution in [1.82, 2.24) is 19.9 Å². The third-order valence-electron chi connectivity index (χ3n) is 23.8. The zero-order valence-electron chi connectivity index (χ0n) is 64.4. The van der Waals surface area contributed by atoms with Gasteiger partial charge in [-0.05, 0) is 168 Å². The molecular formula is C114H72N4. The van der Waals surface area contributed by atoms with Gasteiger partial charge in [-0.15, -0.1) is 0 Å². The number of hydrogen-bond donors (Lipinski definition) is 0. The molecule has 4 heterocycles. The fourth-order valence-electron chi connectivity index (χ4n) is 17.9. The Labute approximate surface area is 682 Å². The van der Waals surface area contributed by atoms with Crippen LogP contribution in [0, 0.1) is 0 Å². The molecule has 548 valence electrons. The summed E-state index contributed by atoms with van der Waals surface area (Å²) in [6, 6.07) is 154. The van der Waals surface area contributed by atoms with Gasteiger partial charge in [0.25, 0.3) is 0 Å². The molecule has 0 saturated carbocycles. The zero-order valence-corrected chi connectivity index (χ0v) is 64.4. The molecular weight excluding hydrogens is 1430 g/mol. The first kappa shape index (κ1) is 69.1. The Morgan fingerprint density at radius 2 is 0.407 bits per heavy atom. The molecule has 24 aromatic rings. The van der Waals surface area contributed by atoms with Gasteiger partial charge in [0, 0.05) is 76.9 Å². The first-order valence-electron chi connectivity index (χ1n) is 40.4. The second-order valence-corrected chi connectivity index (χ2v) is 30.6. The van der Waals surface area contributed by atoms with Gasteiger partial charge in [0.15, 0.2) is 0 Å². The molecule has 0 N–H and O–H groups in total. The van der Waals surface area contributed by atoms with Gasteiger partial charge in [-0.1, -0.05) is 382 Å². The number of benzene rings is 20. The molecule has 0 aliphatic heterocycles. The Kier molecular flexibility index (Phi) is 17.2. The Balaban J connectivity index is 0.000000109. The lowest BCUT2D eigenvalue weighted by atomic mass is 9.93. The van der Waals surface area contributed by atoms with Gasteiger partial charge in [-0.3, -0.25) is 4.98 Å². The van der Waals surface area contributed by atoms with Gasteiger partial charge in [-0.25, -0.2) is 15.0 Å². The van der Waals surface area contributed by atoms with Crippen LogP contribution < -0.4 is 0 Å². The summed E-state index contributed by atoms with van der Waals surface area (Å²) in [5.41, 5.74) is 21.3. The predicted octanol–water partition coefficient (Wildman–Crippen LogP) is 31.0. The van der Waals surface area contributed by atoms with E-state index in [1.165, 1.54) is 168 Å². The number of nitrogens with zero attached hydrogens (tertiary/aromatic N) is 4. The minimum Gasteiger partial charge on any atom is -0.256 e. The standard InChI is InChI=1S/2C43H27N.C28H18N2/c1-3-12-36-29(8-1)18-19-31-20-23-35(27-40(31)36)34-11-7-10-33(26-34)28-16-21-32(22-17-28)43-39-25-24-30-9-2-4-13-37(30)42(39)38-14-5-6-15-41(38)44-43;1-3-9-36-31(7-1)19-22-35-27-34(24-25-37(35)36)30-15-13-28(14-16-30)29-17-20-33(21-18-29)43-40-26-23-32-8-2-4-10-38(32)42(40)39-11-5-6-12-41(39)44-43;1-2-8-22-19(7-1)16-17-24-27(22)23-9-3-4-11-26(23)30-28(24)21-14-12-20(13-15-21)25-10-5-6-18-29-25/h2*1-27H;1-18H. The average Bonchev–Trinajstić information content (AvgIpc) is 0.747. The average molecular weight is 1500 g/mol. The van der Waals surface area contributed by atoms with E-state index in [1.807, 2.05) is 24.4 Å². The quantitative estimate of drug-likeness (QED) is 0.142. The molecule has 0 atom stereocenters. The van der Waals surface area contributed by atoms with E-state index in [0.29, 0.717) is 0 Å². The number of rotatable bonds is 8. The molecule has 0 amide bonds. The smallest absolute Gasteiger partial charge is 0.0788 e. The first-order valence-corrected chi connectivity index (χ1v) is 40.4. The molecule has 20 aromatic carbocycles. The summed E-state index contributed by atoms with van der Waals surface area (Å²) in [5.74, 6) is 0. The summed E-state index contributed by atoms with van der Waals surface area (Å²) >= 11 is 0. The molecule has 118 heavy (non-hydrogen) atoms. The van der Waals surface area contributed by atoms with E-state index in [2.05, 4.69) is 417 Å². The highest BCUT2D eigenvalue weighted by atomic mass is 14.7. The third kappa shape index (κ3) is 12.5. The van der Waals surface area contributed by atoms with Gasteiger partial charge in [0.1, 0.15) is 0 Å². The number of pyridine rings is 4. The van der Waals surface area contributed by atoms with Crippen LogP contribution in [0.2, 0.25) is 0 Å². The predicted molar refractivity (Wildman–Crippen MR) is 502 cm³/mol. The van der Waals surface area contributed by atoms with Crippen LogP contribution in [0.15, 0.2) is 437 Å². The third-order valence-corrected chi connectivity index (χ3v) is 23.8. The zero-order chi connectivity index (χ0) is 78.0. The Hall–Kier alpha value is -15.6. The number of para-hydroxylation sites is 3. The van der Waals surface area contributed by atoms with Gasteiger partial charge in [0.05, 0.1) is 39.3 Å². The summed E-state index contributed by atoms with van der Waals surface area (Å²) in [7, 11) is 0. The number of hydrogen-bond acceptors (Lipinski definition) is 4. The first-order chi connectivity index (χ1) is 58.5. The van der Waals surface area contributed by atoms with E-state index in [1.54, 1.807) is 0 Å². The van der Waals surface area contributed by atoms with Gasteiger partial charge < -0.3 is 0 Å². The van der Waals surface area contributed by atoms with Gasteiger partial charge in [-0.2, -0.15) is 0 Å². The maximum atomic E-state index is 5.18. The lowest BCUT2D eigenvalue weighted by Crippen LogP contribution is -1.91. The molecule has 0 saturated heterocycles. The number of aromatic nitrogens is 4. The van der Waals surface area contributed by atoms with Gasteiger partial charge in [0.2, 0.25) is 0 Å². The molecule has 0 fully saturated rings. The highest BCUT2D eigenvalue weighted by Gasteiger charge is 2.19. The van der Waals surface area contributed by atoms with Crippen molar-refractivity contribution in [1.29, 1.82) is 0 Å². The van der Waals surface area contributed by atoms with Crippen LogP contribution in [0.1, 0.15) is 0 Å². The van der Waals surface area contributed by atoms with Crippen LogP contribution in [0.4, 0.5) is 0 Å². The lowest BCUT2D eigenvalue weighted by molar-refractivity contribution is 1.32. The summed E-state index contributed by atoms with van der Waals surface area (Å²) in [4.78, 5) is 19.9. The van der Waals surface area contributed by atoms with Crippen LogP contribution in [0.25, 0.3) is 230 Å². The SMILES string of the molecule is c1cc(-c2ccc(-c3nc4ccccc4c4c3ccc3ccccc34)cc2)cc(-c2ccc3ccc4ccccc4c3c2)c1.c1ccc(-c2ccc(-c3nc4ccccc4c4c3ccc3ccccc34)cc2)nc1.c1ccc2c(c1)ccc1cc(-c3ccc(-c4ccc(-c5nc6ccccc6c6c5ccc5ccccc56)cc4)cc3)ccc12. The molecule has 4 nitrogen and oxygen atoms in total. The van der Waals surface area contributed by atoms with Crippen molar-refractivity contribution in [3.63, 3.8) is 0 Å². The topological polar surface area (TPSA) is 51.6 Å². The maximum absolute atomic E-state index is 5.18. The second kappa shape index (κ2) is 29.4. The molecule has 0 radical (unpaired) electrons. The normalized spacial score (nSPS) is 11.6. The lowest BCUT2D eigenvalue weighted by Gasteiger charge is -2.13. The molecule has 0 spiro atoms. The van der Waals surface area contributed by atoms with E-state index in [0.717, 1.165) is 61.6 Å². The molecule has 0 aliphatic carbocycles. The van der Waals surface area contributed by atoms with Crippen molar-refractivity contribution in [2.24, 2.45) is 0 Å². The van der Waals surface area contributed by atoms with Crippen molar-refractivity contribution in [3.8, 4) is 89.5 Å². The van der Waals surface area contributed by atoms with E-state index < -0.39 is 0 Å². The Bertz CT molecular complexity index is 8030. The van der Waals surface area contributed by atoms with Crippen LogP contribution >= 0.6 is 0 Å². The van der Waals surface area contributed by atoms with Crippen molar-refractivity contribution in [2.75, 3.05) is 0 Å². The molecule has 0 unspecified atom stereocenters. The van der Waals surface area contributed by atoms with Crippen molar-refractivity contribution in [2.45, 2.75) is 0 Å². The van der Waals surface area contributed by atoms with Gasteiger partial charge >= 0.3 is 0 Å². The highest BCUT2D eigenvalue weighted by Crippen LogP contribution is 2.43. The minimum atomic E-state index is 0.978. The number of fused-ring (bicyclic) bond motifs is 21. The summed E-state index contributed by atoms with van der Waals surface area (Å²) in [5, 5.41) is 28.7. The Morgan fingerprint density at radius 1 is 0.136 bits per heavy atom. The van der Waals surface area contributed by atoms with Crippen LogP contribution in [0.3, 0.4) is 0 Å². The van der Waals surface area contributed by atoms with E-state index in [9.17, 15) is 0 Å². The highest BCUT2D eigenvalue weighted by molar-refractivity contribution is 6.25. The van der Waals surface area contributed by atoms with E-state index in [4.69, 9.17) is 15.0 Å². The molecule has 4 aromatic heterocycles. The fraction of sp³-hybridized carbons (Fsp3) is 0. The van der Waals surface area contributed by atoms with Crippen molar-refractivity contribution >= 4 is 140 Å². The molecule has 24 rings (SSSR count). The summed E-state index contributed by atoms with van der Waals surface area (Å²) in [6.07, 6.45) is 1.83. The monoisotopic (exact) mass is 1500 g/mol. The second-order valence-electron chi connectivity index (χ2n) is 30.6. The molecule has 4 heteroatoms. The minimum absolute atomic E-state index is 0.978. The summed E-state index contributed by atoms with van der Waals surface area (Å²) < 4.78 is 0. The van der Waals surface area contributed by atoms with Crippen molar-refractivity contribution in [3.05, 3.63) is 437 Å². The van der Waals surface area contributed by atoms with E-state index >= 15 is 0 Å². The molecule has 0 bridgehead atoms. The Morgan fingerprint density at radius 3 is 0.839 bits per heavy atom. The van der Waals surface area contributed by atoms with Crippen LogP contribution in [-0.2, 0) is 0 Å². The van der Waals surface area contributed by atoms with E-state index in [-0.39, 0.29) is 0 Å². The fourth-order valence-corrected chi connectivity index (χ4v) is 17.9. The summed E-state index contributed by atoms with van der Waals surface area (Å²) in [6.45, 7) is 0. The molecule has 0 aliphatic rings.